The first-order valence-electron chi connectivity index (χ1n) is 11.8. The molecule has 4 atom stereocenters. The van der Waals surface area contributed by atoms with E-state index in [0.29, 0.717) is 17.9 Å². The van der Waals surface area contributed by atoms with E-state index in [4.69, 9.17) is 0 Å². The van der Waals surface area contributed by atoms with Crippen LogP contribution in [0.1, 0.15) is 55.3 Å². The van der Waals surface area contributed by atoms with Crippen LogP contribution >= 0.6 is 0 Å². The number of likely N-dealkylation sites (tertiary alicyclic amines) is 2. The number of carbonyl (C=O) groups excluding carboxylic acids is 1. The standard InChI is InChI=1S/C24H35N3O2/c28-23-15-20-17-27(16-19(20)14-22(23)26-12-4-5-13-26)24(29)18-6-8-21(9-7-18)25-10-2-1-3-11-25/h6-9,19-20,22-23,28H,1-5,10-17H2/t19-,20+,22-,23-/m1/s1. The number of hydrogen-bond acceptors (Lipinski definition) is 4. The lowest BCUT2D eigenvalue weighted by Gasteiger charge is -2.40. The quantitative estimate of drug-likeness (QED) is 0.852. The van der Waals surface area contributed by atoms with E-state index in [9.17, 15) is 9.90 Å². The average Bonchev–Trinajstić information content (AvgIpc) is 3.43. The minimum absolute atomic E-state index is 0.164. The normalized spacial score (nSPS) is 33.1. The summed E-state index contributed by atoms with van der Waals surface area (Å²) in [6, 6.07) is 8.56. The molecule has 3 aliphatic heterocycles. The van der Waals surface area contributed by atoms with Crippen LogP contribution in [-0.2, 0) is 0 Å². The summed E-state index contributed by atoms with van der Waals surface area (Å²) in [5.74, 6) is 1.16. The number of benzene rings is 1. The van der Waals surface area contributed by atoms with E-state index in [0.717, 1.165) is 57.7 Å². The maximum atomic E-state index is 13.1. The van der Waals surface area contributed by atoms with Gasteiger partial charge in [-0.3, -0.25) is 9.69 Å². The van der Waals surface area contributed by atoms with Crippen molar-refractivity contribution in [3.8, 4) is 0 Å². The lowest BCUT2D eigenvalue weighted by molar-refractivity contribution is -0.000864. The smallest absolute Gasteiger partial charge is 0.253 e. The first-order valence-corrected chi connectivity index (χ1v) is 11.8. The summed E-state index contributed by atoms with van der Waals surface area (Å²) >= 11 is 0. The molecule has 3 saturated heterocycles. The molecule has 1 amide bonds. The summed E-state index contributed by atoms with van der Waals surface area (Å²) in [5, 5.41) is 10.7. The molecule has 158 valence electrons. The summed E-state index contributed by atoms with van der Waals surface area (Å²) in [4.78, 5) is 20.1. The van der Waals surface area contributed by atoms with Gasteiger partial charge in [0, 0.05) is 43.5 Å². The number of rotatable bonds is 3. The lowest BCUT2D eigenvalue weighted by atomic mass is 9.77. The fourth-order valence-corrected chi connectivity index (χ4v) is 6.19. The largest absolute Gasteiger partial charge is 0.391 e. The number of carbonyl (C=O) groups is 1. The van der Waals surface area contributed by atoms with Gasteiger partial charge in [-0.1, -0.05) is 0 Å². The summed E-state index contributed by atoms with van der Waals surface area (Å²) in [6.45, 7) is 6.18. The second-order valence-electron chi connectivity index (χ2n) is 9.67. The number of anilines is 1. The number of nitrogens with zero attached hydrogens (tertiary/aromatic N) is 3. The molecule has 4 aliphatic rings. The van der Waals surface area contributed by atoms with Crippen LogP contribution in [0.5, 0.6) is 0 Å². The molecule has 1 saturated carbocycles. The number of aliphatic hydroxyl groups excluding tert-OH is 1. The summed E-state index contributed by atoms with van der Waals surface area (Å²) in [5.41, 5.74) is 2.05. The van der Waals surface area contributed by atoms with E-state index in [1.807, 2.05) is 17.0 Å². The van der Waals surface area contributed by atoms with Crippen LogP contribution in [0.2, 0.25) is 0 Å². The van der Waals surface area contributed by atoms with Crippen molar-refractivity contribution < 1.29 is 9.90 Å². The van der Waals surface area contributed by atoms with Crippen molar-refractivity contribution in [3.63, 3.8) is 0 Å². The zero-order chi connectivity index (χ0) is 19.8. The average molecular weight is 398 g/mol. The minimum atomic E-state index is -0.228. The predicted molar refractivity (Wildman–Crippen MR) is 115 cm³/mol. The Kier molecular flexibility index (Phi) is 5.53. The monoisotopic (exact) mass is 397 g/mol. The Morgan fingerprint density at radius 3 is 2.14 bits per heavy atom. The van der Waals surface area contributed by atoms with Gasteiger partial charge in [0.05, 0.1) is 6.10 Å². The van der Waals surface area contributed by atoms with E-state index >= 15 is 0 Å². The summed E-state index contributed by atoms with van der Waals surface area (Å²) in [6.07, 6.45) is 8.05. The van der Waals surface area contributed by atoms with Gasteiger partial charge in [-0.15, -0.1) is 0 Å². The lowest BCUT2D eigenvalue weighted by Crippen LogP contribution is -2.48. The van der Waals surface area contributed by atoms with Gasteiger partial charge in [0.15, 0.2) is 0 Å². The maximum Gasteiger partial charge on any atom is 0.253 e. The second kappa shape index (κ2) is 8.27. The summed E-state index contributed by atoms with van der Waals surface area (Å²) < 4.78 is 0. The molecule has 5 rings (SSSR count). The Morgan fingerprint density at radius 2 is 1.45 bits per heavy atom. The van der Waals surface area contributed by atoms with Crippen molar-refractivity contribution in [2.45, 2.75) is 57.1 Å². The topological polar surface area (TPSA) is 47.0 Å². The number of amides is 1. The van der Waals surface area contributed by atoms with Crippen LogP contribution in [0.3, 0.4) is 0 Å². The van der Waals surface area contributed by atoms with E-state index < -0.39 is 0 Å². The van der Waals surface area contributed by atoms with Crippen LogP contribution in [0, 0.1) is 11.8 Å². The van der Waals surface area contributed by atoms with Crippen LogP contribution in [0.4, 0.5) is 5.69 Å². The molecule has 0 spiro atoms. The molecule has 0 unspecified atom stereocenters. The Morgan fingerprint density at radius 1 is 0.828 bits per heavy atom. The number of piperidine rings is 1. The molecule has 0 bridgehead atoms. The Balaban J connectivity index is 1.22. The van der Waals surface area contributed by atoms with E-state index in [1.54, 1.807) is 0 Å². The molecule has 5 nitrogen and oxygen atoms in total. The van der Waals surface area contributed by atoms with Gasteiger partial charge in [0.25, 0.3) is 5.91 Å². The van der Waals surface area contributed by atoms with Crippen molar-refractivity contribution in [3.05, 3.63) is 29.8 Å². The van der Waals surface area contributed by atoms with E-state index in [1.165, 1.54) is 37.8 Å². The molecule has 1 aliphatic carbocycles. The number of aliphatic hydroxyl groups is 1. The maximum absolute atomic E-state index is 13.1. The molecular formula is C24H35N3O2. The van der Waals surface area contributed by atoms with Gasteiger partial charge >= 0.3 is 0 Å². The third kappa shape index (κ3) is 3.91. The van der Waals surface area contributed by atoms with E-state index in [-0.39, 0.29) is 12.0 Å². The third-order valence-electron chi connectivity index (χ3n) is 7.84. The minimum Gasteiger partial charge on any atom is -0.391 e. The first-order chi connectivity index (χ1) is 14.2. The highest BCUT2D eigenvalue weighted by atomic mass is 16.3. The van der Waals surface area contributed by atoms with Crippen molar-refractivity contribution >= 4 is 11.6 Å². The van der Waals surface area contributed by atoms with Gasteiger partial charge in [0.1, 0.15) is 0 Å². The molecule has 1 aromatic carbocycles. The zero-order valence-corrected chi connectivity index (χ0v) is 17.5. The Labute approximate surface area is 174 Å². The van der Waals surface area contributed by atoms with Gasteiger partial charge in [0.2, 0.25) is 0 Å². The molecule has 3 heterocycles. The number of hydrogen-bond donors (Lipinski definition) is 1. The van der Waals surface area contributed by atoms with Gasteiger partial charge in [-0.2, -0.15) is 0 Å². The zero-order valence-electron chi connectivity index (χ0n) is 17.5. The highest BCUT2D eigenvalue weighted by molar-refractivity contribution is 5.94. The molecule has 29 heavy (non-hydrogen) atoms. The van der Waals surface area contributed by atoms with Crippen molar-refractivity contribution in [1.29, 1.82) is 0 Å². The third-order valence-corrected chi connectivity index (χ3v) is 7.84. The molecule has 1 N–H and O–H groups in total. The van der Waals surface area contributed by atoms with Crippen LogP contribution < -0.4 is 4.90 Å². The Hall–Kier alpha value is -1.59. The second-order valence-corrected chi connectivity index (χ2v) is 9.67. The highest BCUT2D eigenvalue weighted by Gasteiger charge is 2.44. The fourth-order valence-electron chi connectivity index (χ4n) is 6.19. The molecule has 0 aromatic heterocycles. The predicted octanol–water partition coefficient (Wildman–Crippen LogP) is 2.98. The molecule has 5 heteroatoms. The van der Waals surface area contributed by atoms with Crippen molar-refractivity contribution in [1.82, 2.24) is 9.80 Å². The molecule has 4 fully saturated rings. The molecule has 1 aromatic rings. The van der Waals surface area contributed by atoms with Gasteiger partial charge in [-0.05, 0) is 94.1 Å². The van der Waals surface area contributed by atoms with Crippen molar-refractivity contribution in [2.75, 3.05) is 44.2 Å². The van der Waals surface area contributed by atoms with Crippen molar-refractivity contribution in [2.24, 2.45) is 11.8 Å². The first kappa shape index (κ1) is 19.4. The van der Waals surface area contributed by atoms with Gasteiger partial charge in [-0.25, -0.2) is 0 Å². The van der Waals surface area contributed by atoms with Gasteiger partial charge < -0.3 is 14.9 Å². The molecular weight excluding hydrogens is 362 g/mol. The SMILES string of the molecule is O=C(c1ccc(N2CCCCC2)cc1)N1C[C@H]2C[C@@H](N3CCCC3)[C@H](O)C[C@H]2C1. The number of fused-ring (bicyclic) bond motifs is 1. The van der Waals surface area contributed by atoms with Crippen LogP contribution in [-0.4, -0.2) is 72.2 Å². The van der Waals surface area contributed by atoms with Crippen LogP contribution in [0.15, 0.2) is 24.3 Å². The van der Waals surface area contributed by atoms with E-state index in [2.05, 4.69) is 21.9 Å². The molecule has 0 radical (unpaired) electrons. The summed E-state index contributed by atoms with van der Waals surface area (Å²) in [7, 11) is 0. The van der Waals surface area contributed by atoms with Crippen LogP contribution in [0.25, 0.3) is 0 Å². The highest BCUT2D eigenvalue weighted by Crippen LogP contribution is 2.39. The fraction of sp³-hybridized carbons (Fsp3) is 0.708. The Bertz CT molecular complexity index is 709.